The third-order valence-electron chi connectivity index (χ3n) is 0.952. The summed E-state index contributed by atoms with van der Waals surface area (Å²) in [4.78, 5) is 0. The standard InChI is InChI=1S/C5H10N/c1-2-3-6-4-5-6/h4H,2-3,5H2,1H3/q+1. The smallest absolute Gasteiger partial charge is 0.218 e. The van der Waals surface area contributed by atoms with Gasteiger partial charge in [0.2, 0.25) is 12.8 Å². The molecule has 0 fully saturated rings. The Bertz CT molecular complexity index is 74.0. The lowest BCUT2D eigenvalue weighted by Crippen LogP contribution is -1.90. The Hall–Kier alpha value is -0.330. The van der Waals surface area contributed by atoms with E-state index < -0.39 is 0 Å². The summed E-state index contributed by atoms with van der Waals surface area (Å²) in [6, 6.07) is 0. The summed E-state index contributed by atoms with van der Waals surface area (Å²) in [5.74, 6) is 0. The van der Waals surface area contributed by atoms with E-state index in [0.29, 0.717) is 0 Å². The molecule has 34 valence electrons. The fraction of sp³-hybridized carbons (Fsp3) is 0.800. The minimum Gasteiger partial charge on any atom is -0.224 e. The Morgan fingerprint density at radius 2 is 2.50 bits per heavy atom. The van der Waals surface area contributed by atoms with Gasteiger partial charge in [-0.3, -0.25) is 0 Å². The summed E-state index contributed by atoms with van der Waals surface area (Å²) in [6.45, 7) is 4.69. The lowest BCUT2D eigenvalue weighted by atomic mass is 10.5. The Morgan fingerprint density at radius 3 is 2.67 bits per heavy atom. The van der Waals surface area contributed by atoms with Crippen molar-refractivity contribution >= 4 is 6.21 Å². The molecule has 0 saturated heterocycles. The largest absolute Gasteiger partial charge is 0.224 e. The van der Waals surface area contributed by atoms with Crippen molar-refractivity contribution in [2.24, 2.45) is 0 Å². The van der Waals surface area contributed by atoms with Crippen LogP contribution in [0.15, 0.2) is 0 Å². The van der Waals surface area contributed by atoms with Crippen molar-refractivity contribution in [1.82, 2.24) is 0 Å². The van der Waals surface area contributed by atoms with Crippen molar-refractivity contribution in [3.63, 3.8) is 0 Å². The van der Waals surface area contributed by atoms with Crippen molar-refractivity contribution in [3.05, 3.63) is 0 Å². The van der Waals surface area contributed by atoms with Gasteiger partial charge in [0.25, 0.3) is 0 Å². The summed E-state index contributed by atoms with van der Waals surface area (Å²) in [5.41, 5.74) is 0. The van der Waals surface area contributed by atoms with Gasteiger partial charge in [-0.05, 0) is 0 Å². The summed E-state index contributed by atoms with van der Waals surface area (Å²) in [5, 5.41) is 0. The molecule has 0 aromatic rings. The van der Waals surface area contributed by atoms with Crippen LogP contribution in [0.25, 0.3) is 0 Å². The molecule has 0 aromatic heterocycles. The quantitative estimate of drug-likeness (QED) is 0.428. The summed E-state index contributed by atoms with van der Waals surface area (Å²) >= 11 is 0. The Morgan fingerprint density at radius 1 is 1.83 bits per heavy atom. The topological polar surface area (TPSA) is 3.01 Å². The molecule has 0 amide bonds. The van der Waals surface area contributed by atoms with Crippen LogP contribution in [0.5, 0.6) is 0 Å². The maximum absolute atomic E-state index is 2.31. The highest BCUT2D eigenvalue weighted by molar-refractivity contribution is 5.60. The third-order valence-corrected chi connectivity index (χ3v) is 0.952. The van der Waals surface area contributed by atoms with Crippen LogP contribution in [0, 0.1) is 0 Å². The van der Waals surface area contributed by atoms with Crippen molar-refractivity contribution in [2.75, 3.05) is 13.1 Å². The minimum absolute atomic E-state index is 1.23. The first-order valence-corrected chi connectivity index (χ1v) is 2.51. The molecule has 1 rings (SSSR count). The van der Waals surface area contributed by atoms with Crippen LogP contribution in [-0.4, -0.2) is 23.9 Å². The van der Waals surface area contributed by atoms with Gasteiger partial charge in [0.15, 0.2) is 0 Å². The first kappa shape index (κ1) is 3.85. The molecule has 1 heterocycles. The number of nitrogens with zero attached hydrogens (tertiary/aromatic N) is 1. The van der Waals surface area contributed by atoms with E-state index in [-0.39, 0.29) is 0 Å². The summed E-state index contributed by atoms with van der Waals surface area (Å²) in [6.07, 6.45) is 3.50. The van der Waals surface area contributed by atoms with Crippen LogP contribution in [-0.2, 0) is 0 Å². The van der Waals surface area contributed by atoms with Crippen molar-refractivity contribution in [1.29, 1.82) is 0 Å². The highest BCUT2D eigenvalue weighted by Gasteiger charge is 2.12. The molecule has 1 heteroatoms. The van der Waals surface area contributed by atoms with E-state index in [9.17, 15) is 0 Å². The first-order valence-electron chi connectivity index (χ1n) is 2.51. The van der Waals surface area contributed by atoms with E-state index in [2.05, 4.69) is 17.7 Å². The van der Waals surface area contributed by atoms with E-state index in [0.717, 1.165) is 0 Å². The molecule has 0 bridgehead atoms. The minimum atomic E-state index is 1.23. The van der Waals surface area contributed by atoms with E-state index >= 15 is 0 Å². The molecule has 0 N–H and O–H groups in total. The maximum Gasteiger partial charge on any atom is 0.218 e. The lowest BCUT2D eigenvalue weighted by Gasteiger charge is -1.74. The third kappa shape index (κ3) is 0.814. The number of hydrogen-bond donors (Lipinski definition) is 0. The van der Waals surface area contributed by atoms with Crippen LogP contribution in [0.4, 0.5) is 0 Å². The van der Waals surface area contributed by atoms with Crippen molar-refractivity contribution in [3.8, 4) is 0 Å². The molecule has 0 aromatic carbocycles. The summed E-state index contributed by atoms with van der Waals surface area (Å²) < 4.78 is 2.31. The van der Waals surface area contributed by atoms with Gasteiger partial charge in [0.05, 0.1) is 0 Å². The first-order chi connectivity index (χ1) is 2.93. The molecule has 1 aliphatic heterocycles. The molecular weight excluding hydrogens is 74.1 g/mol. The fourth-order valence-corrected chi connectivity index (χ4v) is 0.528. The van der Waals surface area contributed by atoms with Crippen LogP contribution >= 0.6 is 0 Å². The highest BCUT2D eigenvalue weighted by atomic mass is 15.1. The van der Waals surface area contributed by atoms with Gasteiger partial charge < -0.3 is 0 Å². The monoisotopic (exact) mass is 84.1 g/mol. The van der Waals surface area contributed by atoms with Crippen molar-refractivity contribution in [2.45, 2.75) is 13.3 Å². The van der Waals surface area contributed by atoms with E-state index in [4.69, 9.17) is 0 Å². The Kier molecular flexibility index (Phi) is 0.906. The second-order valence-electron chi connectivity index (χ2n) is 1.68. The predicted molar refractivity (Wildman–Crippen MR) is 26.3 cm³/mol. The van der Waals surface area contributed by atoms with Crippen LogP contribution in [0.1, 0.15) is 13.3 Å². The normalized spacial score (nSPS) is 17.2. The molecule has 6 heavy (non-hydrogen) atoms. The molecule has 0 unspecified atom stereocenters. The predicted octanol–water partition coefficient (Wildman–Crippen LogP) is 0.493. The SMILES string of the molecule is CCC[N+]1=CC1. The Labute approximate surface area is 38.3 Å². The molecule has 0 saturated carbocycles. The van der Waals surface area contributed by atoms with Gasteiger partial charge in [0, 0.05) is 6.42 Å². The lowest BCUT2D eigenvalue weighted by molar-refractivity contribution is -0.439. The zero-order chi connectivity index (χ0) is 4.41. The van der Waals surface area contributed by atoms with Crippen LogP contribution in [0.2, 0.25) is 0 Å². The van der Waals surface area contributed by atoms with Gasteiger partial charge in [0.1, 0.15) is 6.54 Å². The zero-order valence-electron chi connectivity index (χ0n) is 4.15. The maximum atomic E-state index is 2.31. The molecule has 0 aliphatic carbocycles. The van der Waals surface area contributed by atoms with Gasteiger partial charge in [-0.15, -0.1) is 0 Å². The second kappa shape index (κ2) is 1.41. The molecule has 1 aliphatic rings. The molecule has 0 radical (unpaired) electrons. The fourth-order valence-electron chi connectivity index (χ4n) is 0.528. The van der Waals surface area contributed by atoms with Crippen LogP contribution in [0.3, 0.4) is 0 Å². The second-order valence-corrected chi connectivity index (χ2v) is 1.68. The average Bonchev–Trinajstić information content (AvgIpc) is 2.21. The van der Waals surface area contributed by atoms with E-state index in [1.807, 2.05) is 0 Å². The zero-order valence-corrected chi connectivity index (χ0v) is 4.15. The van der Waals surface area contributed by atoms with Gasteiger partial charge in [-0.1, -0.05) is 6.92 Å². The van der Waals surface area contributed by atoms with E-state index in [1.165, 1.54) is 19.5 Å². The number of hydrogen-bond acceptors (Lipinski definition) is 0. The highest BCUT2D eigenvalue weighted by Crippen LogP contribution is 1.86. The molecule has 1 nitrogen and oxygen atoms in total. The van der Waals surface area contributed by atoms with Crippen molar-refractivity contribution < 1.29 is 4.58 Å². The summed E-state index contributed by atoms with van der Waals surface area (Å²) in [7, 11) is 0. The number of rotatable bonds is 2. The van der Waals surface area contributed by atoms with Crippen LogP contribution < -0.4 is 0 Å². The molecular formula is C5H10N+. The molecule has 0 spiro atoms. The average molecular weight is 84.1 g/mol. The van der Waals surface area contributed by atoms with Gasteiger partial charge >= 0.3 is 0 Å². The Balaban J connectivity index is 2.02. The van der Waals surface area contributed by atoms with Gasteiger partial charge in [-0.2, -0.15) is 0 Å². The van der Waals surface area contributed by atoms with Gasteiger partial charge in [-0.25, -0.2) is 4.58 Å². The molecule has 0 atom stereocenters. The van der Waals surface area contributed by atoms with E-state index in [1.54, 1.807) is 0 Å².